The van der Waals surface area contributed by atoms with Crippen molar-refractivity contribution in [2.75, 3.05) is 12.3 Å². The average Bonchev–Trinajstić information content (AvgIpc) is 3.32. The maximum Gasteiger partial charge on any atom is 0.223 e. The summed E-state index contributed by atoms with van der Waals surface area (Å²) in [7, 11) is 0. The van der Waals surface area contributed by atoms with Crippen molar-refractivity contribution in [2.24, 2.45) is 0 Å². The molecule has 0 spiro atoms. The lowest BCUT2D eigenvalue weighted by molar-refractivity contribution is -0.132. The summed E-state index contributed by atoms with van der Waals surface area (Å²) in [5.74, 6) is 1.26. The van der Waals surface area contributed by atoms with Gasteiger partial charge in [-0.25, -0.2) is 4.98 Å². The minimum atomic E-state index is 0.168. The fourth-order valence-electron chi connectivity index (χ4n) is 3.43. The Morgan fingerprint density at radius 3 is 2.81 bits per heavy atom. The highest BCUT2D eigenvalue weighted by atomic mass is 32.2. The minimum absolute atomic E-state index is 0.168. The molecule has 5 heteroatoms. The highest BCUT2D eigenvalue weighted by Crippen LogP contribution is 2.36. The van der Waals surface area contributed by atoms with Crippen molar-refractivity contribution in [3.63, 3.8) is 0 Å². The van der Waals surface area contributed by atoms with Gasteiger partial charge in [-0.3, -0.25) is 4.79 Å². The summed E-state index contributed by atoms with van der Waals surface area (Å²) in [4.78, 5) is 20.9. The minimum Gasteiger partial charge on any atom is -0.333 e. The highest BCUT2D eigenvalue weighted by Gasteiger charge is 2.31. The lowest BCUT2D eigenvalue weighted by atomic mass is 10.2. The van der Waals surface area contributed by atoms with E-state index in [0.29, 0.717) is 6.42 Å². The first-order valence-electron chi connectivity index (χ1n) is 9.14. The van der Waals surface area contributed by atoms with Gasteiger partial charge in [-0.05, 0) is 49.3 Å². The maximum absolute atomic E-state index is 12.7. The van der Waals surface area contributed by atoms with Crippen LogP contribution in [0.2, 0.25) is 0 Å². The van der Waals surface area contributed by atoms with Gasteiger partial charge in [-0.2, -0.15) is 0 Å². The molecule has 2 heterocycles. The molecule has 1 aliphatic heterocycles. The van der Waals surface area contributed by atoms with E-state index < -0.39 is 0 Å². The molecule has 1 saturated heterocycles. The molecule has 1 amide bonds. The Balaban J connectivity index is 1.34. The third kappa shape index (κ3) is 3.94. The molecule has 0 N–H and O–H groups in total. The molecule has 4 rings (SSSR count). The number of fused-ring (bicyclic) bond motifs is 1. The maximum atomic E-state index is 12.7. The second-order valence-electron chi connectivity index (χ2n) is 6.53. The second-order valence-corrected chi connectivity index (χ2v) is 8.76. The van der Waals surface area contributed by atoms with Gasteiger partial charge < -0.3 is 4.90 Å². The molecule has 134 valence electrons. The van der Waals surface area contributed by atoms with Gasteiger partial charge in [-0.1, -0.05) is 30.3 Å². The number of para-hydroxylation sites is 1. The first-order chi connectivity index (χ1) is 12.8. The summed E-state index contributed by atoms with van der Waals surface area (Å²) >= 11 is 3.56. The van der Waals surface area contributed by atoms with Gasteiger partial charge in [0.15, 0.2) is 0 Å². The number of hydrogen-bond donors (Lipinski definition) is 0. The summed E-state index contributed by atoms with van der Waals surface area (Å²) in [6.07, 6.45) is 3.65. The zero-order chi connectivity index (χ0) is 17.8. The SMILES string of the molecule is O=C(CCCSc1ccccc1)N1CCCC1c1nc2ccccc2s1. The van der Waals surface area contributed by atoms with E-state index in [2.05, 4.69) is 41.3 Å². The molecule has 0 saturated carbocycles. The first kappa shape index (κ1) is 17.6. The molecule has 1 aromatic heterocycles. The molecule has 1 unspecified atom stereocenters. The third-order valence-corrected chi connectivity index (χ3v) is 6.95. The summed E-state index contributed by atoms with van der Waals surface area (Å²) in [6, 6.07) is 18.8. The van der Waals surface area contributed by atoms with Crippen LogP contribution in [0.3, 0.4) is 0 Å². The lowest BCUT2D eigenvalue weighted by Gasteiger charge is -2.23. The van der Waals surface area contributed by atoms with Crippen LogP contribution in [0.4, 0.5) is 0 Å². The molecular weight excluding hydrogens is 360 g/mol. The normalized spacial score (nSPS) is 17.1. The van der Waals surface area contributed by atoms with E-state index in [1.165, 1.54) is 9.60 Å². The molecular formula is C21H22N2OS2. The summed E-state index contributed by atoms with van der Waals surface area (Å²) in [5, 5.41) is 1.09. The quantitative estimate of drug-likeness (QED) is 0.415. The molecule has 3 nitrogen and oxygen atoms in total. The molecule has 2 aromatic carbocycles. The molecule has 0 aliphatic carbocycles. The number of thioether (sulfide) groups is 1. The van der Waals surface area contributed by atoms with Gasteiger partial charge in [0.2, 0.25) is 5.91 Å². The van der Waals surface area contributed by atoms with Crippen LogP contribution < -0.4 is 0 Å². The predicted molar refractivity (Wildman–Crippen MR) is 110 cm³/mol. The van der Waals surface area contributed by atoms with Gasteiger partial charge in [0, 0.05) is 17.9 Å². The van der Waals surface area contributed by atoms with Crippen LogP contribution in [0.5, 0.6) is 0 Å². The van der Waals surface area contributed by atoms with E-state index in [1.807, 2.05) is 30.0 Å². The number of nitrogens with zero attached hydrogens (tertiary/aromatic N) is 2. The largest absolute Gasteiger partial charge is 0.333 e. The van der Waals surface area contributed by atoms with Crippen LogP contribution >= 0.6 is 23.1 Å². The van der Waals surface area contributed by atoms with Gasteiger partial charge in [0.05, 0.1) is 16.3 Å². The third-order valence-electron chi connectivity index (χ3n) is 4.72. The topological polar surface area (TPSA) is 33.2 Å². The zero-order valence-corrected chi connectivity index (χ0v) is 16.3. The van der Waals surface area contributed by atoms with E-state index >= 15 is 0 Å². The van der Waals surface area contributed by atoms with E-state index in [0.717, 1.165) is 42.1 Å². The van der Waals surface area contributed by atoms with Gasteiger partial charge in [0.25, 0.3) is 0 Å². The summed E-state index contributed by atoms with van der Waals surface area (Å²) in [6.45, 7) is 0.866. The standard InChI is InChI=1S/C21H22N2OS2/c24-20(13-7-15-25-16-8-2-1-3-9-16)23-14-6-11-18(23)21-22-17-10-4-5-12-19(17)26-21/h1-5,8-10,12,18H,6-7,11,13-15H2. The van der Waals surface area contributed by atoms with Crippen LogP contribution in [0.15, 0.2) is 59.5 Å². The Labute approximate surface area is 162 Å². The van der Waals surface area contributed by atoms with E-state index in [9.17, 15) is 4.79 Å². The van der Waals surface area contributed by atoms with Crippen molar-refractivity contribution in [1.29, 1.82) is 0 Å². The van der Waals surface area contributed by atoms with E-state index in [1.54, 1.807) is 11.3 Å². The zero-order valence-electron chi connectivity index (χ0n) is 14.6. The van der Waals surface area contributed by atoms with Crippen LogP contribution in [0.25, 0.3) is 10.2 Å². The molecule has 1 fully saturated rings. The Morgan fingerprint density at radius 2 is 1.96 bits per heavy atom. The van der Waals surface area contributed by atoms with E-state index in [-0.39, 0.29) is 11.9 Å². The van der Waals surface area contributed by atoms with Crippen LogP contribution in [-0.4, -0.2) is 28.1 Å². The Hall–Kier alpha value is -1.85. The Morgan fingerprint density at radius 1 is 1.15 bits per heavy atom. The average molecular weight is 383 g/mol. The first-order valence-corrected chi connectivity index (χ1v) is 10.9. The number of hydrogen-bond acceptors (Lipinski definition) is 4. The van der Waals surface area contributed by atoms with Crippen molar-refractivity contribution < 1.29 is 4.79 Å². The molecule has 0 radical (unpaired) electrons. The number of carbonyl (C=O) groups excluding carboxylic acids is 1. The Bertz CT molecular complexity index is 845. The molecule has 0 bridgehead atoms. The fraction of sp³-hybridized carbons (Fsp3) is 0.333. The number of thiazole rings is 1. The number of likely N-dealkylation sites (tertiary alicyclic amines) is 1. The molecule has 1 atom stereocenters. The molecule has 3 aromatic rings. The van der Waals surface area contributed by atoms with E-state index in [4.69, 9.17) is 4.98 Å². The molecule has 26 heavy (non-hydrogen) atoms. The fourth-order valence-corrected chi connectivity index (χ4v) is 5.42. The molecule has 1 aliphatic rings. The van der Waals surface area contributed by atoms with Gasteiger partial charge in [-0.15, -0.1) is 23.1 Å². The second kappa shape index (κ2) is 8.23. The number of aromatic nitrogens is 1. The highest BCUT2D eigenvalue weighted by molar-refractivity contribution is 7.99. The van der Waals surface area contributed by atoms with Crippen molar-refractivity contribution in [3.05, 3.63) is 59.6 Å². The predicted octanol–water partition coefficient (Wildman–Crippen LogP) is 5.53. The smallest absolute Gasteiger partial charge is 0.223 e. The number of benzene rings is 2. The van der Waals surface area contributed by atoms with Crippen LogP contribution in [-0.2, 0) is 4.79 Å². The van der Waals surface area contributed by atoms with Gasteiger partial charge in [0.1, 0.15) is 5.01 Å². The summed E-state index contributed by atoms with van der Waals surface area (Å²) in [5.41, 5.74) is 1.05. The van der Waals surface area contributed by atoms with Gasteiger partial charge >= 0.3 is 0 Å². The monoisotopic (exact) mass is 382 g/mol. The number of carbonyl (C=O) groups is 1. The van der Waals surface area contributed by atoms with Crippen molar-refractivity contribution >= 4 is 39.2 Å². The number of amides is 1. The van der Waals surface area contributed by atoms with Crippen molar-refractivity contribution in [2.45, 2.75) is 36.6 Å². The summed E-state index contributed by atoms with van der Waals surface area (Å²) < 4.78 is 1.21. The number of rotatable bonds is 6. The lowest BCUT2D eigenvalue weighted by Crippen LogP contribution is -2.30. The van der Waals surface area contributed by atoms with Crippen LogP contribution in [0.1, 0.15) is 36.7 Å². The Kier molecular flexibility index (Phi) is 5.56. The van der Waals surface area contributed by atoms with Crippen LogP contribution in [0, 0.1) is 0 Å². The van der Waals surface area contributed by atoms with Crippen molar-refractivity contribution in [3.8, 4) is 0 Å². The van der Waals surface area contributed by atoms with Crippen molar-refractivity contribution in [1.82, 2.24) is 9.88 Å².